The van der Waals surface area contributed by atoms with Crippen LogP contribution in [0.5, 0.6) is 17.2 Å². The van der Waals surface area contributed by atoms with Gasteiger partial charge in [-0.3, -0.25) is 9.59 Å². The fourth-order valence-corrected chi connectivity index (χ4v) is 3.19. The van der Waals surface area contributed by atoms with E-state index in [-0.39, 0.29) is 6.61 Å². The summed E-state index contributed by atoms with van der Waals surface area (Å²) in [6, 6.07) is 10.2. The number of methoxy groups -OCH3 is 2. The zero-order valence-corrected chi connectivity index (χ0v) is 17.1. The van der Waals surface area contributed by atoms with Crippen LogP contribution in [-0.2, 0) is 20.7 Å². The highest BCUT2D eigenvalue weighted by Gasteiger charge is 2.30. The normalized spacial score (nSPS) is 16.1. The number of carbonyl (C=O) groups is 2. The van der Waals surface area contributed by atoms with Crippen molar-refractivity contribution < 1.29 is 28.5 Å². The molecule has 0 bridgehead atoms. The number of halogens is 1. The second kappa shape index (κ2) is 9.05. The molecule has 0 fully saturated rings. The number of ether oxygens (including phenoxy) is 4. The van der Waals surface area contributed by atoms with Gasteiger partial charge in [0.1, 0.15) is 12.4 Å². The number of hydrogen-bond acceptors (Lipinski definition) is 6. The number of carbonyl (C=O) groups excluding carboxylic acids is 2. The average molecular weight is 420 g/mol. The van der Waals surface area contributed by atoms with Crippen LogP contribution in [0, 0.1) is 5.92 Å². The number of anilines is 1. The molecule has 7 nitrogen and oxygen atoms in total. The Balaban J connectivity index is 1.59. The van der Waals surface area contributed by atoms with Crippen molar-refractivity contribution >= 4 is 29.2 Å². The smallest absolute Gasteiger partial charge is 0.313 e. The Hall–Kier alpha value is -2.93. The maximum atomic E-state index is 12.5. The van der Waals surface area contributed by atoms with Crippen LogP contribution >= 0.6 is 11.6 Å². The van der Waals surface area contributed by atoms with Crippen molar-refractivity contribution in [2.75, 3.05) is 26.1 Å². The molecule has 154 valence electrons. The van der Waals surface area contributed by atoms with Crippen LogP contribution in [0.3, 0.4) is 0 Å². The van der Waals surface area contributed by atoms with Crippen molar-refractivity contribution in [2.45, 2.75) is 19.4 Å². The van der Waals surface area contributed by atoms with E-state index in [4.69, 9.17) is 30.5 Å². The molecule has 29 heavy (non-hydrogen) atoms. The summed E-state index contributed by atoms with van der Waals surface area (Å²) in [5, 5.41) is 3.27. The first-order valence-electron chi connectivity index (χ1n) is 9.06. The Kier molecular flexibility index (Phi) is 6.49. The highest BCUT2D eigenvalue weighted by molar-refractivity contribution is 6.30. The van der Waals surface area contributed by atoms with Gasteiger partial charge in [0.2, 0.25) is 0 Å². The van der Waals surface area contributed by atoms with Crippen LogP contribution in [0.1, 0.15) is 12.5 Å². The molecule has 0 spiro atoms. The minimum atomic E-state index is -0.976. The van der Waals surface area contributed by atoms with Gasteiger partial charge in [0.25, 0.3) is 5.91 Å². The highest BCUT2D eigenvalue weighted by atomic mass is 35.5. The fraction of sp³-hybridized carbons (Fsp3) is 0.333. The number of hydrogen-bond donors (Lipinski definition) is 1. The van der Waals surface area contributed by atoms with E-state index >= 15 is 0 Å². The molecule has 2 aromatic rings. The van der Waals surface area contributed by atoms with E-state index in [1.54, 1.807) is 36.4 Å². The Morgan fingerprint density at radius 3 is 2.62 bits per heavy atom. The summed E-state index contributed by atoms with van der Waals surface area (Å²) in [5.41, 5.74) is 1.34. The Morgan fingerprint density at radius 1 is 1.14 bits per heavy atom. The van der Waals surface area contributed by atoms with E-state index in [0.29, 0.717) is 34.4 Å². The van der Waals surface area contributed by atoms with E-state index in [9.17, 15) is 9.59 Å². The van der Waals surface area contributed by atoms with Gasteiger partial charge in [0, 0.05) is 16.8 Å². The maximum Gasteiger partial charge on any atom is 0.313 e. The molecule has 3 rings (SSSR count). The lowest BCUT2D eigenvalue weighted by Crippen LogP contribution is -2.36. The van der Waals surface area contributed by atoms with Gasteiger partial charge in [0.05, 0.1) is 20.1 Å². The van der Waals surface area contributed by atoms with Crippen LogP contribution in [0.15, 0.2) is 36.4 Å². The maximum absolute atomic E-state index is 12.5. The second-order valence-corrected chi connectivity index (χ2v) is 7.04. The quantitative estimate of drug-likeness (QED) is 0.722. The molecule has 1 heterocycles. The van der Waals surface area contributed by atoms with Crippen molar-refractivity contribution in [3.63, 3.8) is 0 Å². The van der Waals surface area contributed by atoms with Crippen LogP contribution in [0.4, 0.5) is 5.69 Å². The molecule has 0 aliphatic carbocycles. The minimum Gasteiger partial charge on any atom is -0.493 e. The summed E-state index contributed by atoms with van der Waals surface area (Å²) < 4.78 is 21.3. The predicted molar refractivity (Wildman–Crippen MR) is 108 cm³/mol. The summed E-state index contributed by atoms with van der Waals surface area (Å²) >= 11 is 6.01. The van der Waals surface area contributed by atoms with Crippen molar-refractivity contribution in [1.82, 2.24) is 0 Å². The highest BCUT2D eigenvalue weighted by Crippen LogP contribution is 2.31. The van der Waals surface area contributed by atoms with Crippen molar-refractivity contribution in [2.24, 2.45) is 5.92 Å². The predicted octanol–water partition coefficient (Wildman–Crippen LogP) is 3.48. The van der Waals surface area contributed by atoms with Gasteiger partial charge in [0.15, 0.2) is 17.6 Å². The molecule has 1 aliphatic heterocycles. The topological polar surface area (TPSA) is 83.1 Å². The molecule has 0 unspecified atom stereocenters. The summed E-state index contributed by atoms with van der Waals surface area (Å²) in [4.78, 5) is 24.9. The second-order valence-electron chi connectivity index (χ2n) is 6.60. The van der Waals surface area contributed by atoms with Crippen LogP contribution in [-0.4, -0.2) is 38.8 Å². The summed E-state index contributed by atoms with van der Waals surface area (Å²) in [7, 11) is 3.03. The minimum absolute atomic E-state index is 0.192. The zero-order valence-electron chi connectivity index (χ0n) is 16.4. The molecule has 2 aromatic carbocycles. The first kappa shape index (κ1) is 20.8. The van der Waals surface area contributed by atoms with Gasteiger partial charge in [-0.25, -0.2) is 0 Å². The first-order valence-corrected chi connectivity index (χ1v) is 9.43. The van der Waals surface area contributed by atoms with E-state index in [2.05, 4.69) is 5.32 Å². The molecule has 1 aliphatic rings. The van der Waals surface area contributed by atoms with Gasteiger partial charge >= 0.3 is 5.97 Å². The summed E-state index contributed by atoms with van der Waals surface area (Å²) in [5.74, 6) is 0.278. The Labute approximate surface area is 173 Å². The van der Waals surface area contributed by atoms with E-state index in [1.807, 2.05) is 0 Å². The van der Waals surface area contributed by atoms with Crippen molar-refractivity contribution in [1.29, 1.82) is 0 Å². The molecule has 0 saturated heterocycles. The van der Waals surface area contributed by atoms with E-state index in [1.165, 1.54) is 21.1 Å². The number of esters is 1. The van der Waals surface area contributed by atoms with Crippen molar-refractivity contribution in [3.8, 4) is 17.2 Å². The number of benzene rings is 2. The van der Waals surface area contributed by atoms with E-state index in [0.717, 1.165) is 5.56 Å². The largest absolute Gasteiger partial charge is 0.493 e. The lowest BCUT2D eigenvalue weighted by atomic mass is 9.97. The molecule has 1 amide bonds. The molecule has 2 atom stereocenters. The molecule has 8 heteroatoms. The number of nitrogens with one attached hydrogen (secondary N) is 1. The van der Waals surface area contributed by atoms with Crippen LogP contribution in [0.2, 0.25) is 5.02 Å². The summed E-state index contributed by atoms with van der Waals surface area (Å²) in [6.45, 7) is 1.71. The monoisotopic (exact) mass is 419 g/mol. The Morgan fingerprint density at radius 2 is 1.90 bits per heavy atom. The third kappa shape index (κ3) is 4.92. The van der Waals surface area contributed by atoms with E-state index < -0.39 is 23.9 Å². The number of fused-ring (bicyclic) bond motifs is 1. The standard InChI is InChI=1S/C21H22ClNO6/c1-12(20(24)23-16-5-7-18(26-2)19(10-16)27-3)29-21(25)14-8-13-9-15(22)4-6-17(13)28-11-14/h4-7,9-10,12,14H,8,11H2,1-3H3,(H,23,24)/t12-,14-/m0/s1. The molecule has 0 aromatic heterocycles. The van der Waals surface area contributed by atoms with Gasteiger partial charge < -0.3 is 24.3 Å². The lowest BCUT2D eigenvalue weighted by Gasteiger charge is -2.25. The molecule has 0 saturated carbocycles. The van der Waals surface area contributed by atoms with Gasteiger partial charge in [-0.2, -0.15) is 0 Å². The van der Waals surface area contributed by atoms with Crippen molar-refractivity contribution in [3.05, 3.63) is 47.0 Å². The fourth-order valence-electron chi connectivity index (χ4n) is 3.00. The average Bonchev–Trinajstić information content (AvgIpc) is 2.72. The van der Waals surface area contributed by atoms with Crippen LogP contribution in [0.25, 0.3) is 0 Å². The summed E-state index contributed by atoms with van der Waals surface area (Å²) in [6.07, 6.45) is -0.532. The molecule has 0 radical (unpaired) electrons. The number of amides is 1. The zero-order chi connectivity index (χ0) is 21.0. The van der Waals surface area contributed by atoms with Gasteiger partial charge in [-0.1, -0.05) is 11.6 Å². The molecule has 1 N–H and O–H groups in total. The van der Waals surface area contributed by atoms with Crippen LogP contribution < -0.4 is 19.5 Å². The van der Waals surface area contributed by atoms with Gasteiger partial charge in [-0.15, -0.1) is 0 Å². The Bertz CT molecular complexity index is 916. The third-order valence-electron chi connectivity index (χ3n) is 4.58. The SMILES string of the molecule is COc1ccc(NC(=O)[C@H](C)OC(=O)[C@@H]2COc3ccc(Cl)cc3C2)cc1OC. The first-order chi connectivity index (χ1) is 13.9. The third-order valence-corrected chi connectivity index (χ3v) is 4.81. The number of rotatable bonds is 6. The molecular weight excluding hydrogens is 398 g/mol. The van der Waals surface area contributed by atoms with Gasteiger partial charge in [-0.05, 0) is 49.2 Å². The lowest BCUT2D eigenvalue weighted by molar-refractivity contribution is -0.158. The molecular formula is C21H22ClNO6.